The number of aromatic nitrogens is 2. The summed E-state index contributed by atoms with van der Waals surface area (Å²) in [5.41, 5.74) is -0.311. The summed E-state index contributed by atoms with van der Waals surface area (Å²) in [6.07, 6.45) is 2.54. The molecular weight excluding hydrogens is 266 g/mol. The van der Waals surface area contributed by atoms with Crippen molar-refractivity contribution < 1.29 is 14.7 Å². The zero-order valence-corrected chi connectivity index (χ0v) is 11.7. The van der Waals surface area contributed by atoms with E-state index in [0.29, 0.717) is 38.0 Å². The van der Waals surface area contributed by atoms with Crippen LogP contribution >= 0.6 is 11.5 Å². The van der Waals surface area contributed by atoms with Gasteiger partial charge in [0.1, 0.15) is 0 Å². The van der Waals surface area contributed by atoms with Crippen LogP contribution in [0.1, 0.15) is 43.1 Å². The summed E-state index contributed by atoms with van der Waals surface area (Å²) in [6.45, 7) is 2.94. The Labute approximate surface area is 115 Å². The Bertz CT molecular complexity index is 453. The average molecular weight is 283 g/mol. The number of amides is 1. The molecule has 0 aromatic carbocycles. The lowest BCUT2D eigenvalue weighted by Gasteiger charge is -2.38. The Hall–Kier alpha value is -1.50. The van der Waals surface area contributed by atoms with E-state index < -0.39 is 11.4 Å². The predicted molar refractivity (Wildman–Crippen MR) is 70.0 cm³/mol. The van der Waals surface area contributed by atoms with Gasteiger partial charge in [-0.25, -0.2) is 0 Å². The fraction of sp³-hybridized carbons (Fsp3) is 0.667. The fourth-order valence-corrected chi connectivity index (χ4v) is 3.04. The molecule has 1 N–H and O–H groups in total. The zero-order valence-electron chi connectivity index (χ0n) is 10.8. The van der Waals surface area contributed by atoms with Crippen molar-refractivity contribution in [3.05, 3.63) is 11.1 Å². The molecule has 0 saturated carbocycles. The van der Waals surface area contributed by atoms with Crippen LogP contribution in [-0.2, 0) is 4.79 Å². The molecular formula is C12H17N3O3S. The number of carbonyl (C=O) groups excluding carboxylic acids is 1. The summed E-state index contributed by atoms with van der Waals surface area (Å²) >= 11 is 1.14. The molecule has 104 valence electrons. The number of rotatable bonds is 4. The fourth-order valence-electron chi connectivity index (χ4n) is 2.61. The SMILES string of the molecule is CCCC1(C(=O)O)CCN(C(=O)c2csnn2)CC1. The van der Waals surface area contributed by atoms with E-state index in [2.05, 4.69) is 9.59 Å². The number of nitrogens with zero attached hydrogens (tertiary/aromatic N) is 3. The number of hydrogen-bond donors (Lipinski definition) is 1. The number of hydrogen-bond acceptors (Lipinski definition) is 5. The maximum absolute atomic E-state index is 12.1. The molecule has 0 atom stereocenters. The summed E-state index contributed by atoms with van der Waals surface area (Å²) in [4.78, 5) is 25.2. The van der Waals surface area contributed by atoms with Gasteiger partial charge in [-0.3, -0.25) is 9.59 Å². The van der Waals surface area contributed by atoms with Crippen LogP contribution < -0.4 is 0 Å². The van der Waals surface area contributed by atoms with Crippen LogP contribution in [0, 0.1) is 5.41 Å². The van der Waals surface area contributed by atoms with Crippen molar-refractivity contribution in [3.8, 4) is 0 Å². The minimum atomic E-state index is -0.739. The molecule has 1 amide bonds. The highest BCUT2D eigenvalue weighted by molar-refractivity contribution is 7.03. The number of carboxylic acids is 1. The highest BCUT2D eigenvalue weighted by atomic mass is 32.1. The Morgan fingerprint density at radius 1 is 1.47 bits per heavy atom. The van der Waals surface area contributed by atoms with E-state index in [9.17, 15) is 14.7 Å². The Morgan fingerprint density at radius 3 is 2.63 bits per heavy atom. The number of piperidine rings is 1. The van der Waals surface area contributed by atoms with Crippen LogP contribution in [0.3, 0.4) is 0 Å². The summed E-state index contributed by atoms with van der Waals surface area (Å²) in [5, 5.41) is 14.8. The second-order valence-electron chi connectivity index (χ2n) is 4.92. The minimum Gasteiger partial charge on any atom is -0.481 e. The molecule has 0 bridgehead atoms. The predicted octanol–water partition coefficient (Wildman–Crippen LogP) is 1.65. The molecule has 0 spiro atoms. The topological polar surface area (TPSA) is 83.4 Å². The summed E-state index contributed by atoms with van der Waals surface area (Å²) in [5.74, 6) is -0.888. The molecule has 19 heavy (non-hydrogen) atoms. The van der Waals surface area contributed by atoms with Gasteiger partial charge in [0.2, 0.25) is 0 Å². The number of likely N-dealkylation sites (tertiary alicyclic amines) is 1. The van der Waals surface area contributed by atoms with Crippen LogP contribution in [0.15, 0.2) is 5.38 Å². The molecule has 7 heteroatoms. The van der Waals surface area contributed by atoms with E-state index in [1.807, 2.05) is 6.92 Å². The van der Waals surface area contributed by atoms with Gasteiger partial charge >= 0.3 is 5.97 Å². The van der Waals surface area contributed by atoms with E-state index in [1.165, 1.54) is 0 Å². The molecule has 0 unspecified atom stereocenters. The first kappa shape index (κ1) is 13.9. The molecule has 0 radical (unpaired) electrons. The average Bonchev–Trinajstić information content (AvgIpc) is 2.93. The van der Waals surface area contributed by atoms with Gasteiger partial charge in [-0.15, -0.1) is 5.10 Å². The lowest BCUT2D eigenvalue weighted by Crippen LogP contribution is -2.46. The first-order valence-corrected chi connectivity index (χ1v) is 7.22. The van der Waals surface area contributed by atoms with E-state index >= 15 is 0 Å². The van der Waals surface area contributed by atoms with Gasteiger partial charge in [-0.05, 0) is 30.8 Å². The first-order valence-electron chi connectivity index (χ1n) is 6.39. The Kier molecular flexibility index (Phi) is 4.14. The van der Waals surface area contributed by atoms with Crippen molar-refractivity contribution in [2.24, 2.45) is 5.41 Å². The van der Waals surface area contributed by atoms with Crippen molar-refractivity contribution in [2.45, 2.75) is 32.6 Å². The monoisotopic (exact) mass is 283 g/mol. The first-order chi connectivity index (χ1) is 9.09. The summed E-state index contributed by atoms with van der Waals surface area (Å²) in [6, 6.07) is 0. The normalized spacial score (nSPS) is 18.3. The second kappa shape index (κ2) is 5.64. The van der Waals surface area contributed by atoms with E-state index in [0.717, 1.165) is 18.0 Å². The molecule has 1 aromatic rings. The van der Waals surface area contributed by atoms with Crippen molar-refractivity contribution >= 4 is 23.4 Å². The quantitative estimate of drug-likeness (QED) is 0.908. The Balaban J connectivity index is 2.02. The second-order valence-corrected chi connectivity index (χ2v) is 5.53. The molecule has 6 nitrogen and oxygen atoms in total. The van der Waals surface area contributed by atoms with E-state index in [-0.39, 0.29) is 5.91 Å². The smallest absolute Gasteiger partial charge is 0.309 e. The minimum absolute atomic E-state index is 0.149. The van der Waals surface area contributed by atoms with Gasteiger partial charge < -0.3 is 10.0 Å². The van der Waals surface area contributed by atoms with Crippen LogP contribution in [0.25, 0.3) is 0 Å². The third kappa shape index (κ3) is 2.75. The number of carbonyl (C=O) groups is 2. The van der Waals surface area contributed by atoms with Gasteiger partial charge in [-0.1, -0.05) is 17.8 Å². The summed E-state index contributed by atoms with van der Waals surface area (Å²) in [7, 11) is 0. The molecule has 0 aliphatic carbocycles. The molecule has 1 saturated heterocycles. The molecule has 2 rings (SSSR count). The van der Waals surface area contributed by atoms with Gasteiger partial charge in [-0.2, -0.15) is 0 Å². The van der Waals surface area contributed by atoms with Crippen LogP contribution in [0.5, 0.6) is 0 Å². The zero-order chi connectivity index (χ0) is 13.9. The largest absolute Gasteiger partial charge is 0.481 e. The lowest BCUT2D eigenvalue weighted by atomic mass is 9.75. The Morgan fingerprint density at radius 2 is 2.16 bits per heavy atom. The van der Waals surface area contributed by atoms with Gasteiger partial charge in [0, 0.05) is 18.5 Å². The van der Waals surface area contributed by atoms with Crippen LogP contribution in [0.2, 0.25) is 0 Å². The van der Waals surface area contributed by atoms with Gasteiger partial charge in [0.25, 0.3) is 5.91 Å². The highest BCUT2D eigenvalue weighted by Gasteiger charge is 2.41. The van der Waals surface area contributed by atoms with Crippen LogP contribution in [0.4, 0.5) is 0 Å². The molecule has 1 aliphatic heterocycles. The maximum Gasteiger partial charge on any atom is 0.309 e. The molecule has 2 heterocycles. The van der Waals surface area contributed by atoms with Crippen LogP contribution in [-0.4, -0.2) is 44.6 Å². The van der Waals surface area contributed by atoms with E-state index in [1.54, 1.807) is 10.3 Å². The van der Waals surface area contributed by atoms with Crippen molar-refractivity contribution in [2.75, 3.05) is 13.1 Å². The van der Waals surface area contributed by atoms with Crippen molar-refractivity contribution in [3.63, 3.8) is 0 Å². The number of carboxylic acid groups (broad SMARTS) is 1. The summed E-state index contributed by atoms with van der Waals surface area (Å²) < 4.78 is 3.67. The van der Waals surface area contributed by atoms with Gasteiger partial charge in [0.15, 0.2) is 5.69 Å². The highest BCUT2D eigenvalue weighted by Crippen LogP contribution is 2.36. The third-order valence-corrected chi connectivity index (χ3v) is 4.27. The maximum atomic E-state index is 12.1. The lowest BCUT2D eigenvalue weighted by molar-refractivity contribution is -0.152. The molecule has 1 aliphatic rings. The van der Waals surface area contributed by atoms with Crippen molar-refractivity contribution in [1.82, 2.24) is 14.5 Å². The van der Waals surface area contributed by atoms with E-state index in [4.69, 9.17) is 0 Å². The molecule has 1 fully saturated rings. The number of aliphatic carboxylic acids is 1. The van der Waals surface area contributed by atoms with Crippen molar-refractivity contribution in [1.29, 1.82) is 0 Å². The standard InChI is InChI=1S/C12H17N3O3S/c1-2-3-12(11(17)18)4-6-15(7-5-12)10(16)9-8-19-14-13-9/h8H,2-7H2,1H3,(H,17,18). The molecule has 1 aromatic heterocycles. The van der Waals surface area contributed by atoms with Gasteiger partial charge in [0.05, 0.1) is 5.41 Å². The third-order valence-electron chi connectivity index (χ3n) is 3.77.